The number of nitrogens with zero attached hydrogens (tertiary/aromatic N) is 1. The van der Waals surface area contributed by atoms with E-state index in [0.29, 0.717) is 6.42 Å². The van der Waals surface area contributed by atoms with E-state index in [1.54, 1.807) is 4.90 Å². The minimum Gasteiger partial charge on any atom is -0.403 e. The molecule has 2 rings (SSSR count). The lowest BCUT2D eigenvalue weighted by atomic mass is 9.82. The van der Waals surface area contributed by atoms with Gasteiger partial charge in [-0.2, -0.15) is 0 Å². The summed E-state index contributed by atoms with van der Waals surface area (Å²) in [5, 5.41) is 0. The summed E-state index contributed by atoms with van der Waals surface area (Å²) in [4.78, 5) is 13.9. The number of rotatable bonds is 5. The van der Waals surface area contributed by atoms with Crippen LogP contribution in [0.2, 0.25) is 6.32 Å². The first-order chi connectivity index (χ1) is 10.2. The summed E-state index contributed by atoms with van der Waals surface area (Å²) in [6.07, 6.45) is 1.99. The molecule has 1 fully saturated rings. The Morgan fingerprint density at radius 3 is 2.18 bits per heavy atom. The third-order valence-corrected chi connectivity index (χ3v) is 4.65. The topological polar surface area (TPSA) is 38.8 Å². The number of carbonyl (C=O) groups excluding carboxylic acids is 1. The zero-order valence-corrected chi connectivity index (χ0v) is 14.3. The maximum absolute atomic E-state index is 12.2. The van der Waals surface area contributed by atoms with Crippen LogP contribution in [0.3, 0.4) is 0 Å². The molecule has 1 aliphatic heterocycles. The lowest BCUT2D eigenvalue weighted by molar-refractivity contribution is -0.118. The smallest absolute Gasteiger partial charge is 0.403 e. The van der Waals surface area contributed by atoms with E-state index in [1.165, 1.54) is 0 Å². The van der Waals surface area contributed by atoms with Crippen molar-refractivity contribution in [1.82, 2.24) is 0 Å². The lowest BCUT2D eigenvalue weighted by Gasteiger charge is -2.32. The van der Waals surface area contributed by atoms with Crippen molar-refractivity contribution in [3.05, 3.63) is 30.3 Å². The van der Waals surface area contributed by atoms with Gasteiger partial charge in [0.2, 0.25) is 5.91 Å². The van der Waals surface area contributed by atoms with Crippen LogP contribution in [-0.2, 0) is 14.1 Å². The molecule has 0 atom stereocenters. The second-order valence-corrected chi connectivity index (χ2v) is 6.87. The first kappa shape index (κ1) is 17.0. The molecule has 1 aromatic carbocycles. The molecule has 4 nitrogen and oxygen atoms in total. The van der Waals surface area contributed by atoms with Crippen molar-refractivity contribution >= 4 is 18.7 Å². The van der Waals surface area contributed by atoms with Crippen molar-refractivity contribution in [3.8, 4) is 0 Å². The second kappa shape index (κ2) is 6.43. The van der Waals surface area contributed by atoms with E-state index in [-0.39, 0.29) is 24.2 Å². The van der Waals surface area contributed by atoms with Crippen LogP contribution in [0.25, 0.3) is 0 Å². The van der Waals surface area contributed by atoms with Gasteiger partial charge >= 0.3 is 7.12 Å². The van der Waals surface area contributed by atoms with Crippen LogP contribution in [0, 0.1) is 0 Å². The van der Waals surface area contributed by atoms with E-state index in [0.717, 1.165) is 18.4 Å². The fourth-order valence-corrected chi connectivity index (χ4v) is 2.47. The van der Waals surface area contributed by atoms with Gasteiger partial charge in [0.05, 0.1) is 11.2 Å². The minimum atomic E-state index is -0.303. The van der Waals surface area contributed by atoms with Gasteiger partial charge in [-0.15, -0.1) is 0 Å². The molecule has 0 N–H and O–H groups in total. The Hall–Kier alpha value is -1.33. The Balaban J connectivity index is 1.79. The van der Waals surface area contributed by atoms with Crippen molar-refractivity contribution in [1.29, 1.82) is 0 Å². The Morgan fingerprint density at radius 2 is 1.64 bits per heavy atom. The van der Waals surface area contributed by atoms with E-state index < -0.39 is 0 Å². The molecule has 0 aromatic heterocycles. The molecule has 0 saturated carbocycles. The quantitative estimate of drug-likeness (QED) is 0.781. The minimum absolute atomic E-state index is 0.114. The number of carbonyl (C=O) groups is 1. The highest BCUT2D eigenvalue weighted by molar-refractivity contribution is 6.45. The standard InChI is InChI=1S/C17H26BNO3/c1-16(2)17(3,4)22-18(21-16)13-9-12-15(20)19(5)14-10-7-6-8-11-14/h6-8,10-11H,9,12-13H2,1-5H3. The molecule has 1 aromatic rings. The number of anilines is 1. The van der Waals surface area contributed by atoms with E-state index in [9.17, 15) is 4.79 Å². The Kier molecular flexibility index (Phi) is 4.98. The van der Waals surface area contributed by atoms with Crippen molar-refractivity contribution in [2.75, 3.05) is 11.9 Å². The SMILES string of the molecule is CN(C(=O)CCCB1OC(C)(C)C(C)(C)O1)c1ccccc1. The van der Waals surface area contributed by atoms with Crippen LogP contribution in [0.5, 0.6) is 0 Å². The third-order valence-electron chi connectivity index (χ3n) is 4.65. The summed E-state index contributed by atoms with van der Waals surface area (Å²) in [5.74, 6) is 0.114. The zero-order valence-electron chi connectivity index (χ0n) is 14.3. The Morgan fingerprint density at radius 1 is 1.09 bits per heavy atom. The van der Waals surface area contributed by atoms with Crippen LogP contribution in [-0.4, -0.2) is 31.3 Å². The first-order valence-electron chi connectivity index (χ1n) is 7.90. The number of benzene rings is 1. The van der Waals surface area contributed by atoms with Crippen molar-refractivity contribution < 1.29 is 14.1 Å². The van der Waals surface area contributed by atoms with Gasteiger partial charge in [0.15, 0.2) is 0 Å². The summed E-state index contributed by atoms with van der Waals surface area (Å²) >= 11 is 0. The van der Waals surface area contributed by atoms with Crippen LogP contribution in [0.4, 0.5) is 5.69 Å². The first-order valence-corrected chi connectivity index (χ1v) is 7.90. The molecular formula is C17H26BNO3. The molecule has 1 heterocycles. The predicted molar refractivity (Wildman–Crippen MR) is 90.0 cm³/mol. The predicted octanol–water partition coefficient (Wildman–Crippen LogP) is 3.52. The number of hydrogen-bond donors (Lipinski definition) is 0. The van der Waals surface area contributed by atoms with Gasteiger partial charge in [0.25, 0.3) is 0 Å². The molecule has 120 valence electrons. The fraction of sp³-hybridized carbons (Fsp3) is 0.588. The molecule has 0 aliphatic carbocycles. The van der Waals surface area contributed by atoms with E-state index in [2.05, 4.69) is 0 Å². The number of para-hydroxylation sites is 1. The second-order valence-electron chi connectivity index (χ2n) is 6.87. The highest BCUT2D eigenvalue weighted by atomic mass is 16.7. The van der Waals surface area contributed by atoms with Gasteiger partial charge in [-0.3, -0.25) is 4.79 Å². The highest BCUT2D eigenvalue weighted by Gasteiger charge is 2.50. The monoisotopic (exact) mass is 303 g/mol. The van der Waals surface area contributed by atoms with Crippen molar-refractivity contribution in [2.24, 2.45) is 0 Å². The fourth-order valence-electron chi connectivity index (χ4n) is 2.47. The highest BCUT2D eigenvalue weighted by Crippen LogP contribution is 2.38. The maximum Gasteiger partial charge on any atom is 0.457 e. The Bertz CT molecular complexity index is 500. The largest absolute Gasteiger partial charge is 0.457 e. The molecule has 0 spiro atoms. The molecule has 0 radical (unpaired) electrons. The molecule has 22 heavy (non-hydrogen) atoms. The van der Waals surface area contributed by atoms with Crippen LogP contribution in [0.1, 0.15) is 40.5 Å². The summed E-state index contributed by atoms with van der Waals surface area (Å²) in [7, 11) is 1.59. The lowest BCUT2D eigenvalue weighted by Crippen LogP contribution is -2.41. The summed E-state index contributed by atoms with van der Waals surface area (Å²) < 4.78 is 11.9. The molecule has 1 aliphatic rings. The van der Waals surface area contributed by atoms with E-state index >= 15 is 0 Å². The van der Waals surface area contributed by atoms with E-state index in [4.69, 9.17) is 9.31 Å². The molecule has 1 amide bonds. The van der Waals surface area contributed by atoms with Crippen LogP contribution >= 0.6 is 0 Å². The summed E-state index contributed by atoms with van der Waals surface area (Å²) in [6, 6.07) is 9.69. The van der Waals surface area contributed by atoms with Crippen LogP contribution in [0.15, 0.2) is 30.3 Å². The van der Waals surface area contributed by atoms with Gasteiger partial charge in [-0.05, 0) is 52.6 Å². The van der Waals surface area contributed by atoms with Gasteiger partial charge < -0.3 is 14.2 Å². The van der Waals surface area contributed by atoms with Gasteiger partial charge in [0.1, 0.15) is 0 Å². The van der Waals surface area contributed by atoms with Crippen molar-refractivity contribution in [3.63, 3.8) is 0 Å². The van der Waals surface area contributed by atoms with Crippen molar-refractivity contribution in [2.45, 2.75) is 58.1 Å². The molecule has 5 heteroatoms. The van der Waals surface area contributed by atoms with Crippen LogP contribution < -0.4 is 4.90 Å². The molecule has 0 unspecified atom stereocenters. The summed E-state index contributed by atoms with van der Waals surface area (Å²) in [6.45, 7) is 8.17. The van der Waals surface area contributed by atoms with Gasteiger partial charge in [0, 0.05) is 19.2 Å². The van der Waals surface area contributed by atoms with Gasteiger partial charge in [-0.25, -0.2) is 0 Å². The molecular weight excluding hydrogens is 277 g/mol. The normalized spacial score (nSPS) is 19.2. The molecule has 0 bridgehead atoms. The average molecular weight is 303 g/mol. The maximum atomic E-state index is 12.2. The summed E-state index contributed by atoms with van der Waals surface area (Å²) in [5.41, 5.74) is 0.313. The average Bonchev–Trinajstić information content (AvgIpc) is 2.66. The molecule has 1 saturated heterocycles. The number of hydrogen-bond acceptors (Lipinski definition) is 3. The third kappa shape index (κ3) is 3.71. The van der Waals surface area contributed by atoms with E-state index in [1.807, 2.05) is 65.1 Å². The number of amides is 1. The zero-order chi connectivity index (χ0) is 16.4. The van der Waals surface area contributed by atoms with Gasteiger partial charge in [-0.1, -0.05) is 18.2 Å². The Labute approximate surface area is 133 Å².